The second-order valence-electron chi connectivity index (χ2n) is 5.07. The van der Waals surface area contributed by atoms with Gasteiger partial charge in [0.1, 0.15) is 5.75 Å². The minimum absolute atomic E-state index is 0.0309. The zero-order valence-corrected chi connectivity index (χ0v) is 12.0. The van der Waals surface area contributed by atoms with Crippen LogP contribution in [0.2, 0.25) is 5.02 Å². The molecule has 0 aliphatic carbocycles. The lowest BCUT2D eigenvalue weighted by atomic mass is 10.1. The number of aromatic hydroxyl groups is 1. The molecule has 0 saturated carbocycles. The number of carbonyl (C=O) groups is 1. The summed E-state index contributed by atoms with van der Waals surface area (Å²) < 4.78 is 0. The van der Waals surface area contributed by atoms with Crippen LogP contribution in [-0.2, 0) is 0 Å². The van der Waals surface area contributed by atoms with Gasteiger partial charge in [-0.25, -0.2) is 0 Å². The maximum absolute atomic E-state index is 12.6. The fourth-order valence-electron chi connectivity index (χ4n) is 2.71. The average molecular weight is 282 g/mol. The molecule has 1 aromatic carbocycles. The largest absolute Gasteiger partial charge is 0.507 e. The number of phenols is 1. The Balaban J connectivity index is 2.25. The number of hydrogen-bond donors (Lipinski definition) is 1. The Labute approximate surface area is 119 Å². The van der Waals surface area contributed by atoms with Gasteiger partial charge in [0.05, 0.1) is 5.56 Å². The van der Waals surface area contributed by atoms with Crippen LogP contribution >= 0.6 is 11.6 Å². The van der Waals surface area contributed by atoms with Crippen molar-refractivity contribution in [3.05, 3.63) is 28.8 Å². The minimum atomic E-state index is -0.0806. The highest BCUT2D eigenvalue weighted by Crippen LogP contribution is 2.27. The highest BCUT2D eigenvalue weighted by molar-refractivity contribution is 6.30. The van der Waals surface area contributed by atoms with Gasteiger partial charge in [-0.3, -0.25) is 4.79 Å². The molecule has 4 heteroatoms. The van der Waals surface area contributed by atoms with Gasteiger partial charge in [-0.05, 0) is 37.5 Å². The molecule has 104 valence electrons. The number of carbonyl (C=O) groups excluding carboxylic acids is 1. The van der Waals surface area contributed by atoms with Crippen LogP contribution in [0.15, 0.2) is 18.2 Å². The predicted octanol–water partition coefficient (Wildman–Crippen LogP) is 3.84. The Hall–Kier alpha value is -1.22. The quantitative estimate of drug-likeness (QED) is 0.895. The third-order valence-electron chi connectivity index (χ3n) is 3.80. The number of hydrogen-bond acceptors (Lipinski definition) is 2. The molecular weight excluding hydrogens is 262 g/mol. The van der Waals surface area contributed by atoms with Crippen LogP contribution in [0.1, 0.15) is 49.4 Å². The zero-order valence-electron chi connectivity index (χ0n) is 11.2. The van der Waals surface area contributed by atoms with E-state index in [1.807, 2.05) is 4.90 Å². The number of rotatable bonds is 2. The van der Waals surface area contributed by atoms with Crippen molar-refractivity contribution in [3.8, 4) is 5.75 Å². The number of halogens is 1. The molecule has 0 spiro atoms. The van der Waals surface area contributed by atoms with E-state index in [0.717, 1.165) is 25.8 Å². The Morgan fingerprint density at radius 1 is 1.42 bits per heavy atom. The van der Waals surface area contributed by atoms with Crippen LogP contribution in [0, 0.1) is 0 Å². The van der Waals surface area contributed by atoms with Gasteiger partial charge in [0.2, 0.25) is 0 Å². The molecule has 1 fully saturated rings. The number of nitrogens with zero attached hydrogens (tertiary/aromatic N) is 1. The topological polar surface area (TPSA) is 40.5 Å². The van der Waals surface area contributed by atoms with Gasteiger partial charge in [0.15, 0.2) is 0 Å². The first-order chi connectivity index (χ1) is 9.13. The second kappa shape index (κ2) is 6.29. The minimum Gasteiger partial charge on any atom is -0.507 e. The number of phenolic OH excluding ortho intramolecular Hbond substituents is 1. The third-order valence-corrected chi connectivity index (χ3v) is 4.03. The van der Waals surface area contributed by atoms with Crippen LogP contribution in [0.3, 0.4) is 0 Å². The lowest BCUT2D eigenvalue weighted by Crippen LogP contribution is -2.39. The summed E-state index contributed by atoms with van der Waals surface area (Å²) in [7, 11) is 0. The highest BCUT2D eigenvalue weighted by Gasteiger charge is 2.26. The molecule has 0 aromatic heterocycles. The summed E-state index contributed by atoms with van der Waals surface area (Å²) in [6.07, 6.45) is 5.40. The Bertz CT molecular complexity index is 461. The SMILES string of the molecule is CCC1CCCCCN1C(=O)c1ccc(Cl)cc1O. The Kier molecular flexibility index (Phi) is 4.70. The van der Waals surface area contributed by atoms with E-state index in [-0.39, 0.29) is 17.7 Å². The van der Waals surface area contributed by atoms with E-state index < -0.39 is 0 Å². The maximum Gasteiger partial charge on any atom is 0.257 e. The molecule has 19 heavy (non-hydrogen) atoms. The predicted molar refractivity (Wildman–Crippen MR) is 76.7 cm³/mol. The van der Waals surface area contributed by atoms with E-state index in [0.29, 0.717) is 10.6 Å². The molecule has 1 amide bonds. The average Bonchev–Trinajstić information content (AvgIpc) is 2.63. The van der Waals surface area contributed by atoms with Crippen molar-refractivity contribution in [2.75, 3.05) is 6.54 Å². The molecular formula is C15H20ClNO2. The van der Waals surface area contributed by atoms with Crippen LogP contribution in [-0.4, -0.2) is 28.5 Å². The van der Waals surface area contributed by atoms with Crippen molar-refractivity contribution < 1.29 is 9.90 Å². The van der Waals surface area contributed by atoms with Gasteiger partial charge in [-0.15, -0.1) is 0 Å². The van der Waals surface area contributed by atoms with Gasteiger partial charge in [0.25, 0.3) is 5.91 Å². The number of likely N-dealkylation sites (tertiary alicyclic amines) is 1. The van der Waals surface area contributed by atoms with E-state index in [4.69, 9.17) is 11.6 Å². The van der Waals surface area contributed by atoms with Crippen molar-refractivity contribution >= 4 is 17.5 Å². The fraction of sp³-hybridized carbons (Fsp3) is 0.533. The number of amides is 1. The normalized spacial score (nSPS) is 20.1. The summed E-state index contributed by atoms with van der Waals surface area (Å²) in [5, 5.41) is 10.3. The highest BCUT2D eigenvalue weighted by atomic mass is 35.5. The smallest absolute Gasteiger partial charge is 0.257 e. The summed E-state index contributed by atoms with van der Waals surface area (Å²) in [6, 6.07) is 4.96. The molecule has 1 unspecified atom stereocenters. The van der Waals surface area contributed by atoms with E-state index >= 15 is 0 Å². The lowest BCUT2D eigenvalue weighted by molar-refractivity contribution is 0.0675. The van der Waals surface area contributed by atoms with Gasteiger partial charge < -0.3 is 10.0 Å². The molecule has 0 bridgehead atoms. The summed E-state index contributed by atoms with van der Waals surface area (Å²) >= 11 is 5.80. The van der Waals surface area contributed by atoms with Crippen molar-refractivity contribution in [3.63, 3.8) is 0 Å². The van der Waals surface area contributed by atoms with Crippen LogP contribution in [0.25, 0.3) is 0 Å². The van der Waals surface area contributed by atoms with Crippen molar-refractivity contribution in [1.29, 1.82) is 0 Å². The van der Waals surface area contributed by atoms with Crippen LogP contribution in [0.4, 0.5) is 0 Å². The van der Waals surface area contributed by atoms with Gasteiger partial charge in [-0.2, -0.15) is 0 Å². The molecule has 1 aliphatic heterocycles. The molecule has 1 aromatic rings. The first-order valence-electron chi connectivity index (χ1n) is 6.93. The second-order valence-corrected chi connectivity index (χ2v) is 5.51. The molecule has 1 saturated heterocycles. The molecule has 3 nitrogen and oxygen atoms in total. The molecule has 1 atom stereocenters. The van der Waals surface area contributed by atoms with Gasteiger partial charge in [0, 0.05) is 17.6 Å². The monoisotopic (exact) mass is 281 g/mol. The van der Waals surface area contributed by atoms with Crippen LogP contribution < -0.4 is 0 Å². The van der Waals surface area contributed by atoms with E-state index in [1.54, 1.807) is 12.1 Å². The summed E-state index contributed by atoms with van der Waals surface area (Å²) in [4.78, 5) is 14.5. The van der Waals surface area contributed by atoms with E-state index in [2.05, 4.69) is 6.92 Å². The summed E-state index contributed by atoms with van der Waals surface area (Å²) in [6.45, 7) is 2.89. The lowest BCUT2D eigenvalue weighted by Gasteiger charge is -2.29. The Morgan fingerprint density at radius 2 is 2.21 bits per heavy atom. The molecule has 1 N–H and O–H groups in total. The fourth-order valence-corrected chi connectivity index (χ4v) is 2.88. The summed E-state index contributed by atoms with van der Waals surface area (Å²) in [5.41, 5.74) is 0.352. The van der Waals surface area contributed by atoms with E-state index in [9.17, 15) is 9.90 Å². The first kappa shape index (κ1) is 14.2. The molecule has 1 aliphatic rings. The molecule has 1 heterocycles. The van der Waals surface area contributed by atoms with Crippen molar-refractivity contribution in [1.82, 2.24) is 4.90 Å². The van der Waals surface area contributed by atoms with Gasteiger partial charge in [-0.1, -0.05) is 31.4 Å². The van der Waals surface area contributed by atoms with Crippen LogP contribution in [0.5, 0.6) is 5.75 Å². The first-order valence-corrected chi connectivity index (χ1v) is 7.30. The standard InChI is InChI=1S/C15H20ClNO2/c1-2-12-6-4-3-5-9-17(12)15(19)13-8-7-11(16)10-14(13)18/h7-8,10,12,18H,2-6,9H2,1H3. The van der Waals surface area contributed by atoms with Crippen molar-refractivity contribution in [2.45, 2.75) is 45.1 Å². The van der Waals surface area contributed by atoms with E-state index in [1.165, 1.54) is 18.9 Å². The Morgan fingerprint density at radius 3 is 2.89 bits per heavy atom. The summed E-state index contributed by atoms with van der Waals surface area (Å²) in [5.74, 6) is -0.112. The molecule has 2 rings (SSSR count). The van der Waals surface area contributed by atoms with Gasteiger partial charge >= 0.3 is 0 Å². The maximum atomic E-state index is 12.6. The third kappa shape index (κ3) is 3.21. The number of benzene rings is 1. The molecule has 0 radical (unpaired) electrons. The zero-order chi connectivity index (χ0) is 13.8. The van der Waals surface area contributed by atoms with Crippen molar-refractivity contribution in [2.24, 2.45) is 0 Å².